The van der Waals surface area contributed by atoms with E-state index in [-0.39, 0.29) is 0 Å². The second-order valence-corrected chi connectivity index (χ2v) is 8.09. The molecule has 2 rings (SSSR count). The molecule has 0 aromatic carbocycles. The Morgan fingerprint density at radius 3 is 2.29 bits per heavy atom. The molecule has 2 atom stereocenters. The SMILES string of the molecule is CCCCCCCCN1CC(C)(CC)NCC1(C)C1CC1. The summed E-state index contributed by atoms with van der Waals surface area (Å²) in [5.41, 5.74) is 0.759. The number of hydrogen-bond acceptors (Lipinski definition) is 2. The van der Waals surface area contributed by atoms with Crippen LogP contribution in [0.5, 0.6) is 0 Å². The Morgan fingerprint density at radius 2 is 1.67 bits per heavy atom. The summed E-state index contributed by atoms with van der Waals surface area (Å²) in [4.78, 5) is 2.85. The maximum absolute atomic E-state index is 3.86. The lowest BCUT2D eigenvalue weighted by Gasteiger charge is -2.53. The molecule has 0 bridgehead atoms. The number of nitrogens with one attached hydrogen (secondary N) is 1. The minimum absolute atomic E-state index is 0.330. The highest BCUT2D eigenvalue weighted by Crippen LogP contribution is 2.45. The molecule has 2 nitrogen and oxygen atoms in total. The zero-order chi connectivity index (χ0) is 15.3. The lowest BCUT2D eigenvalue weighted by Crippen LogP contribution is -2.68. The van der Waals surface area contributed by atoms with Crippen molar-refractivity contribution in [3.8, 4) is 0 Å². The van der Waals surface area contributed by atoms with Crippen molar-refractivity contribution < 1.29 is 0 Å². The summed E-state index contributed by atoms with van der Waals surface area (Å²) >= 11 is 0. The zero-order valence-corrected chi connectivity index (χ0v) is 15.0. The Labute approximate surface area is 133 Å². The van der Waals surface area contributed by atoms with Gasteiger partial charge in [-0.2, -0.15) is 0 Å². The van der Waals surface area contributed by atoms with E-state index in [1.807, 2.05) is 0 Å². The minimum atomic E-state index is 0.330. The van der Waals surface area contributed by atoms with Gasteiger partial charge in [-0.05, 0) is 52.0 Å². The van der Waals surface area contributed by atoms with Crippen molar-refractivity contribution in [2.45, 2.75) is 96.6 Å². The number of hydrogen-bond donors (Lipinski definition) is 1. The van der Waals surface area contributed by atoms with Crippen molar-refractivity contribution in [3.05, 3.63) is 0 Å². The highest BCUT2D eigenvalue weighted by molar-refractivity contribution is 5.07. The van der Waals surface area contributed by atoms with Crippen LogP contribution in [0.1, 0.15) is 85.5 Å². The van der Waals surface area contributed by atoms with Gasteiger partial charge in [0, 0.05) is 24.2 Å². The summed E-state index contributed by atoms with van der Waals surface area (Å²) in [6.45, 7) is 13.3. The Hall–Kier alpha value is -0.0800. The van der Waals surface area contributed by atoms with Crippen LogP contribution in [0.15, 0.2) is 0 Å². The van der Waals surface area contributed by atoms with E-state index in [4.69, 9.17) is 0 Å². The molecule has 1 aliphatic carbocycles. The van der Waals surface area contributed by atoms with Gasteiger partial charge >= 0.3 is 0 Å². The molecule has 0 radical (unpaired) electrons. The summed E-state index contributed by atoms with van der Waals surface area (Å²) in [5.74, 6) is 0.950. The predicted octanol–water partition coefficient (Wildman–Crippen LogP) is 4.59. The third kappa shape index (κ3) is 4.45. The first-order valence-corrected chi connectivity index (χ1v) is 9.54. The maximum atomic E-state index is 3.86. The second-order valence-electron chi connectivity index (χ2n) is 8.09. The van der Waals surface area contributed by atoms with Crippen LogP contribution in [0.3, 0.4) is 0 Å². The summed E-state index contributed by atoms with van der Waals surface area (Å²) in [6, 6.07) is 0. The van der Waals surface area contributed by atoms with E-state index in [0.717, 1.165) is 5.92 Å². The van der Waals surface area contributed by atoms with Crippen LogP contribution >= 0.6 is 0 Å². The molecular weight excluding hydrogens is 256 g/mol. The normalized spacial score (nSPS) is 34.3. The summed E-state index contributed by atoms with van der Waals surface area (Å²) in [7, 11) is 0. The van der Waals surface area contributed by atoms with Crippen LogP contribution < -0.4 is 5.32 Å². The Morgan fingerprint density at radius 1 is 1.00 bits per heavy atom. The summed E-state index contributed by atoms with van der Waals surface area (Å²) in [6.07, 6.45) is 12.6. The van der Waals surface area contributed by atoms with Gasteiger partial charge in [0.25, 0.3) is 0 Å². The molecule has 1 heterocycles. The van der Waals surface area contributed by atoms with E-state index >= 15 is 0 Å². The number of nitrogens with zero attached hydrogens (tertiary/aromatic N) is 1. The van der Waals surface area contributed by atoms with Crippen LogP contribution in [0.25, 0.3) is 0 Å². The van der Waals surface area contributed by atoms with Gasteiger partial charge in [-0.3, -0.25) is 4.90 Å². The molecule has 1 saturated heterocycles. The highest BCUT2D eigenvalue weighted by Gasteiger charge is 2.49. The van der Waals surface area contributed by atoms with E-state index in [9.17, 15) is 0 Å². The topological polar surface area (TPSA) is 15.3 Å². The van der Waals surface area contributed by atoms with Gasteiger partial charge in [0.15, 0.2) is 0 Å². The van der Waals surface area contributed by atoms with E-state index in [1.54, 1.807) is 0 Å². The first-order chi connectivity index (χ1) is 10.0. The van der Waals surface area contributed by atoms with Gasteiger partial charge in [0.2, 0.25) is 0 Å². The monoisotopic (exact) mass is 294 g/mol. The van der Waals surface area contributed by atoms with Crippen LogP contribution in [0.4, 0.5) is 0 Å². The van der Waals surface area contributed by atoms with Crippen LogP contribution in [-0.2, 0) is 0 Å². The van der Waals surface area contributed by atoms with Gasteiger partial charge < -0.3 is 5.32 Å². The van der Waals surface area contributed by atoms with Crippen molar-refractivity contribution in [3.63, 3.8) is 0 Å². The van der Waals surface area contributed by atoms with Crippen LogP contribution in [0, 0.1) is 5.92 Å². The first-order valence-electron chi connectivity index (χ1n) is 9.54. The molecule has 21 heavy (non-hydrogen) atoms. The first kappa shape index (κ1) is 17.3. The fourth-order valence-electron chi connectivity index (χ4n) is 3.92. The van der Waals surface area contributed by atoms with Crippen molar-refractivity contribution in [1.82, 2.24) is 10.2 Å². The third-order valence-corrected chi connectivity index (χ3v) is 6.15. The number of piperazine rings is 1. The molecule has 124 valence electrons. The average molecular weight is 295 g/mol. The largest absolute Gasteiger partial charge is 0.308 e. The molecular formula is C19H38N2. The highest BCUT2D eigenvalue weighted by atomic mass is 15.3. The van der Waals surface area contributed by atoms with Gasteiger partial charge in [-0.15, -0.1) is 0 Å². The fourth-order valence-corrected chi connectivity index (χ4v) is 3.92. The quantitative estimate of drug-likeness (QED) is 0.626. The van der Waals surface area contributed by atoms with Crippen molar-refractivity contribution >= 4 is 0 Å². The third-order valence-electron chi connectivity index (χ3n) is 6.15. The van der Waals surface area contributed by atoms with Crippen molar-refractivity contribution in [1.29, 1.82) is 0 Å². The van der Waals surface area contributed by atoms with Gasteiger partial charge in [-0.1, -0.05) is 46.0 Å². The molecule has 1 aliphatic heterocycles. The molecule has 0 amide bonds. The van der Waals surface area contributed by atoms with Crippen LogP contribution in [0.2, 0.25) is 0 Å². The number of unbranched alkanes of at least 4 members (excludes halogenated alkanes) is 5. The fraction of sp³-hybridized carbons (Fsp3) is 1.00. The van der Waals surface area contributed by atoms with Gasteiger partial charge in [0.05, 0.1) is 0 Å². The summed E-state index contributed by atoms with van der Waals surface area (Å²) < 4.78 is 0. The lowest BCUT2D eigenvalue weighted by molar-refractivity contribution is 0.00402. The molecule has 2 heteroatoms. The summed E-state index contributed by atoms with van der Waals surface area (Å²) in [5, 5.41) is 3.86. The Balaban J connectivity index is 1.82. The standard InChI is InChI=1S/C19H38N2/c1-5-7-8-9-10-11-14-21-16-18(3,6-2)20-15-19(21,4)17-12-13-17/h17,20H,5-16H2,1-4H3. The molecule has 0 aromatic rings. The van der Waals surface area contributed by atoms with Gasteiger partial charge in [0.1, 0.15) is 0 Å². The predicted molar refractivity (Wildman–Crippen MR) is 92.8 cm³/mol. The molecule has 2 fully saturated rings. The average Bonchev–Trinajstić information content (AvgIpc) is 3.31. The molecule has 0 aromatic heterocycles. The second kappa shape index (κ2) is 7.46. The minimum Gasteiger partial charge on any atom is -0.308 e. The van der Waals surface area contributed by atoms with Gasteiger partial charge in [-0.25, -0.2) is 0 Å². The Kier molecular flexibility index (Phi) is 6.14. The zero-order valence-electron chi connectivity index (χ0n) is 15.0. The van der Waals surface area contributed by atoms with Crippen molar-refractivity contribution in [2.24, 2.45) is 5.92 Å². The van der Waals surface area contributed by atoms with Crippen LogP contribution in [-0.4, -0.2) is 35.6 Å². The molecule has 2 aliphatic rings. The molecule has 1 N–H and O–H groups in total. The maximum Gasteiger partial charge on any atom is 0.0334 e. The molecule has 1 saturated carbocycles. The molecule has 2 unspecified atom stereocenters. The number of rotatable bonds is 9. The molecule has 0 spiro atoms. The van der Waals surface area contributed by atoms with E-state index in [0.29, 0.717) is 11.1 Å². The lowest BCUT2D eigenvalue weighted by atomic mass is 9.84. The van der Waals surface area contributed by atoms with E-state index in [1.165, 1.54) is 77.4 Å². The Bertz CT molecular complexity index is 313. The van der Waals surface area contributed by atoms with E-state index in [2.05, 4.69) is 37.9 Å². The van der Waals surface area contributed by atoms with E-state index < -0.39 is 0 Å². The smallest absolute Gasteiger partial charge is 0.0334 e. The van der Waals surface area contributed by atoms with Crippen molar-refractivity contribution in [2.75, 3.05) is 19.6 Å².